The van der Waals surface area contributed by atoms with Gasteiger partial charge in [0, 0.05) is 5.56 Å². The fourth-order valence-electron chi connectivity index (χ4n) is 2.60. The van der Waals surface area contributed by atoms with E-state index >= 15 is 0 Å². The van der Waals surface area contributed by atoms with Crippen molar-refractivity contribution in [2.45, 2.75) is 11.8 Å². The van der Waals surface area contributed by atoms with Crippen molar-refractivity contribution in [1.29, 1.82) is 0 Å². The highest BCUT2D eigenvalue weighted by Gasteiger charge is 2.24. The molecule has 2 rings (SSSR count). The smallest absolute Gasteiger partial charge is 0.257 e. The van der Waals surface area contributed by atoms with Gasteiger partial charge in [-0.1, -0.05) is 30.3 Å². The summed E-state index contributed by atoms with van der Waals surface area (Å²) in [7, 11) is -3.95. The van der Waals surface area contributed by atoms with Crippen LogP contribution >= 0.6 is 0 Å². The maximum Gasteiger partial charge on any atom is 0.257 e. The summed E-state index contributed by atoms with van der Waals surface area (Å²) >= 11 is 0. The molecule has 12 nitrogen and oxygen atoms in total. The van der Waals surface area contributed by atoms with E-state index in [1.54, 1.807) is 30.3 Å². The number of hydrogen-bond acceptors (Lipinski definition) is 7. The zero-order chi connectivity index (χ0) is 24.4. The van der Waals surface area contributed by atoms with Crippen LogP contribution in [0.5, 0.6) is 0 Å². The van der Waals surface area contributed by atoms with Crippen molar-refractivity contribution < 1.29 is 27.9 Å². The van der Waals surface area contributed by atoms with Crippen LogP contribution in [0.4, 0.5) is 5.69 Å². The molecule has 0 heterocycles. The second kappa shape index (κ2) is 11.7. The van der Waals surface area contributed by atoms with Crippen LogP contribution in [0.1, 0.15) is 15.9 Å². The van der Waals surface area contributed by atoms with Gasteiger partial charge in [0.15, 0.2) is 5.96 Å². The summed E-state index contributed by atoms with van der Waals surface area (Å²) in [4.78, 5) is 40.1. The molecule has 0 aliphatic heterocycles. The Bertz CT molecular complexity index is 1120. The molecule has 0 radical (unpaired) electrons. The maximum absolute atomic E-state index is 12.2. The molecule has 8 N–H and O–H groups in total. The average molecular weight is 477 g/mol. The standard InChI is InChI=1S/C20H24N6O6S/c21-20(22)24-15-8-6-14(7-9-15)18(29)25-17(28)10-23-19(30)16(11-27)26-33(31,32)12-13-4-2-1-3-5-13/h1-9,16,26-27H,10-12H2,(H,23,30)(H4,21,22,24)(H,25,28,29)/t16-/m0/s1. The molecule has 1 atom stereocenters. The predicted octanol–water partition coefficient (Wildman–Crippen LogP) is -1.56. The third kappa shape index (κ3) is 8.68. The lowest BCUT2D eigenvalue weighted by atomic mass is 10.2. The van der Waals surface area contributed by atoms with E-state index in [0.717, 1.165) is 0 Å². The molecule has 0 unspecified atom stereocenters. The lowest BCUT2D eigenvalue weighted by Crippen LogP contribution is -2.51. The highest BCUT2D eigenvalue weighted by Crippen LogP contribution is 2.12. The van der Waals surface area contributed by atoms with Crippen LogP contribution in [0.2, 0.25) is 0 Å². The normalized spacial score (nSPS) is 11.8. The highest BCUT2D eigenvalue weighted by molar-refractivity contribution is 7.88. The number of sulfonamides is 1. The molecule has 0 aliphatic rings. The lowest BCUT2D eigenvalue weighted by molar-refractivity contribution is -0.127. The SMILES string of the molecule is NC(N)=Nc1ccc(C(=O)NC(=O)CNC(=O)[C@H](CO)NS(=O)(=O)Cc2ccccc2)cc1. The Kier molecular flexibility index (Phi) is 9.03. The van der Waals surface area contributed by atoms with Gasteiger partial charge in [0.2, 0.25) is 21.8 Å². The van der Waals surface area contributed by atoms with Crippen molar-refractivity contribution >= 4 is 39.4 Å². The number of aliphatic hydroxyl groups is 1. The molecule has 0 fully saturated rings. The minimum Gasteiger partial charge on any atom is -0.394 e. The Morgan fingerprint density at radius 1 is 1.00 bits per heavy atom. The van der Waals surface area contributed by atoms with Crippen molar-refractivity contribution in [1.82, 2.24) is 15.4 Å². The summed E-state index contributed by atoms with van der Waals surface area (Å²) in [6.07, 6.45) is 0. The Labute approximate surface area is 190 Å². The molecule has 3 amide bonds. The van der Waals surface area contributed by atoms with E-state index in [0.29, 0.717) is 11.3 Å². The number of carbonyl (C=O) groups is 3. The van der Waals surface area contributed by atoms with E-state index in [1.807, 2.05) is 0 Å². The van der Waals surface area contributed by atoms with Gasteiger partial charge in [-0.25, -0.2) is 18.1 Å². The van der Waals surface area contributed by atoms with E-state index in [9.17, 15) is 27.9 Å². The van der Waals surface area contributed by atoms with Crippen molar-refractivity contribution in [3.63, 3.8) is 0 Å². The van der Waals surface area contributed by atoms with Gasteiger partial charge in [-0.15, -0.1) is 0 Å². The molecule has 0 bridgehead atoms. The molecule has 0 aromatic heterocycles. The Balaban J connectivity index is 1.86. The van der Waals surface area contributed by atoms with Crippen LogP contribution in [0.3, 0.4) is 0 Å². The van der Waals surface area contributed by atoms with E-state index in [-0.39, 0.29) is 11.5 Å². The zero-order valence-electron chi connectivity index (χ0n) is 17.4. The van der Waals surface area contributed by atoms with Gasteiger partial charge in [-0.05, 0) is 29.8 Å². The van der Waals surface area contributed by atoms with Gasteiger partial charge >= 0.3 is 0 Å². The van der Waals surface area contributed by atoms with Gasteiger partial charge in [-0.2, -0.15) is 0 Å². The van der Waals surface area contributed by atoms with Crippen LogP contribution in [-0.2, 0) is 25.4 Å². The number of aliphatic hydroxyl groups excluding tert-OH is 1. The number of nitrogens with two attached hydrogens (primary N) is 2. The number of carbonyl (C=O) groups excluding carboxylic acids is 3. The van der Waals surface area contributed by atoms with Gasteiger partial charge in [0.1, 0.15) is 6.04 Å². The molecule has 2 aromatic carbocycles. The third-order valence-electron chi connectivity index (χ3n) is 4.08. The molecule has 13 heteroatoms. The van der Waals surface area contributed by atoms with Crippen LogP contribution in [-0.4, -0.2) is 56.4 Å². The molecule has 0 saturated heterocycles. The van der Waals surface area contributed by atoms with Gasteiger partial charge in [0.05, 0.1) is 24.6 Å². The molecular weight excluding hydrogens is 452 g/mol. The number of guanidine groups is 1. The Hall–Kier alpha value is -3.81. The molecule has 0 spiro atoms. The number of aliphatic imine (C=N–C) groups is 1. The molecule has 0 aliphatic carbocycles. The molecule has 33 heavy (non-hydrogen) atoms. The van der Waals surface area contributed by atoms with E-state index in [4.69, 9.17) is 11.5 Å². The number of benzene rings is 2. The summed E-state index contributed by atoms with van der Waals surface area (Å²) in [5.41, 5.74) is 11.6. The second-order valence-electron chi connectivity index (χ2n) is 6.78. The summed E-state index contributed by atoms with van der Waals surface area (Å²) in [5, 5.41) is 13.6. The third-order valence-corrected chi connectivity index (χ3v) is 5.44. The predicted molar refractivity (Wildman–Crippen MR) is 120 cm³/mol. The summed E-state index contributed by atoms with van der Waals surface area (Å²) in [6, 6.07) is 12.5. The largest absolute Gasteiger partial charge is 0.394 e. The molecular formula is C20H24N6O6S. The first-order chi connectivity index (χ1) is 15.6. The van der Waals surface area contributed by atoms with Crippen molar-refractivity contribution in [3.05, 3.63) is 65.7 Å². The van der Waals surface area contributed by atoms with Crippen LogP contribution in [0, 0.1) is 0 Å². The maximum atomic E-state index is 12.2. The van der Waals surface area contributed by atoms with Crippen molar-refractivity contribution in [2.75, 3.05) is 13.2 Å². The Morgan fingerprint density at radius 3 is 2.21 bits per heavy atom. The highest BCUT2D eigenvalue weighted by atomic mass is 32.2. The first-order valence-electron chi connectivity index (χ1n) is 9.56. The number of rotatable bonds is 10. The Morgan fingerprint density at radius 2 is 1.64 bits per heavy atom. The lowest BCUT2D eigenvalue weighted by Gasteiger charge is -2.16. The molecule has 2 aromatic rings. The topological polar surface area (TPSA) is 206 Å². The zero-order valence-corrected chi connectivity index (χ0v) is 18.2. The fraction of sp³-hybridized carbons (Fsp3) is 0.200. The summed E-state index contributed by atoms with van der Waals surface area (Å²) < 4.78 is 26.6. The fourth-order valence-corrected chi connectivity index (χ4v) is 3.93. The van der Waals surface area contributed by atoms with Crippen LogP contribution in [0.15, 0.2) is 59.6 Å². The number of hydrogen-bond donors (Lipinski definition) is 6. The monoisotopic (exact) mass is 476 g/mol. The summed E-state index contributed by atoms with van der Waals surface area (Å²) in [6.45, 7) is -1.45. The minimum absolute atomic E-state index is 0.145. The van der Waals surface area contributed by atoms with Gasteiger partial charge < -0.3 is 21.9 Å². The molecule has 176 valence electrons. The van der Waals surface area contributed by atoms with E-state index in [2.05, 4.69) is 20.3 Å². The number of nitrogens with zero attached hydrogens (tertiary/aromatic N) is 1. The quantitative estimate of drug-likeness (QED) is 0.174. The molecule has 0 saturated carbocycles. The van der Waals surface area contributed by atoms with Crippen molar-refractivity contribution in [2.24, 2.45) is 16.5 Å². The van der Waals surface area contributed by atoms with Gasteiger partial charge in [0.25, 0.3) is 5.91 Å². The van der Waals surface area contributed by atoms with Crippen molar-refractivity contribution in [3.8, 4) is 0 Å². The average Bonchev–Trinajstić information content (AvgIpc) is 2.76. The number of imide groups is 1. The first-order valence-corrected chi connectivity index (χ1v) is 11.2. The van der Waals surface area contributed by atoms with Gasteiger partial charge in [-0.3, -0.25) is 19.7 Å². The number of nitrogens with one attached hydrogen (secondary N) is 3. The van der Waals surface area contributed by atoms with E-state index < -0.39 is 52.7 Å². The first kappa shape index (κ1) is 25.5. The number of amides is 3. The van der Waals surface area contributed by atoms with Crippen LogP contribution in [0.25, 0.3) is 0 Å². The second-order valence-corrected chi connectivity index (χ2v) is 8.53. The minimum atomic E-state index is -3.95. The van der Waals surface area contributed by atoms with Crippen LogP contribution < -0.4 is 26.8 Å². The van der Waals surface area contributed by atoms with E-state index in [1.165, 1.54) is 24.3 Å². The summed E-state index contributed by atoms with van der Waals surface area (Å²) in [5.74, 6) is -3.05.